The minimum atomic E-state index is 0.707. The standard InChI is InChI=1S/C17H23Cl/c1-2-3-14-4-8-16(9-5-14)17-10-6-15(7-11-17)12-13-18/h4-5,8-9,12-13,15,17H,2-3,6-7,10-11H2,1H3. The second-order valence-corrected chi connectivity index (χ2v) is 5.67. The molecule has 0 nitrogen and oxygen atoms in total. The summed E-state index contributed by atoms with van der Waals surface area (Å²) in [7, 11) is 0. The molecule has 0 bridgehead atoms. The molecule has 0 heterocycles. The molecule has 0 aromatic heterocycles. The van der Waals surface area contributed by atoms with E-state index in [1.54, 1.807) is 5.54 Å². The van der Waals surface area contributed by atoms with Gasteiger partial charge in [-0.2, -0.15) is 0 Å². The van der Waals surface area contributed by atoms with E-state index in [2.05, 4.69) is 37.3 Å². The Morgan fingerprint density at radius 3 is 2.33 bits per heavy atom. The zero-order chi connectivity index (χ0) is 12.8. The predicted octanol–water partition coefficient (Wildman–Crippen LogP) is 5.67. The first kappa shape index (κ1) is 13.7. The summed E-state index contributed by atoms with van der Waals surface area (Å²) in [6.45, 7) is 2.24. The van der Waals surface area contributed by atoms with E-state index < -0.39 is 0 Å². The Bertz CT molecular complexity index is 369. The average molecular weight is 263 g/mol. The van der Waals surface area contributed by atoms with Crippen LogP contribution in [-0.4, -0.2) is 0 Å². The number of allylic oxidation sites excluding steroid dienone is 1. The summed E-state index contributed by atoms with van der Waals surface area (Å²) in [6.07, 6.45) is 9.76. The smallest absolute Gasteiger partial charge is 0.000525 e. The molecule has 0 aliphatic heterocycles. The molecule has 0 N–H and O–H groups in total. The number of halogens is 1. The Balaban J connectivity index is 1.92. The monoisotopic (exact) mass is 262 g/mol. The van der Waals surface area contributed by atoms with Crippen LogP contribution in [0.1, 0.15) is 56.1 Å². The van der Waals surface area contributed by atoms with Crippen LogP contribution in [0.2, 0.25) is 0 Å². The number of benzene rings is 1. The normalized spacial score (nSPS) is 24.6. The van der Waals surface area contributed by atoms with Crippen molar-refractivity contribution >= 4 is 11.6 Å². The largest absolute Gasteiger partial charge is 0.0933 e. The van der Waals surface area contributed by atoms with Gasteiger partial charge in [0.05, 0.1) is 0 Å². The molecule has 1 aromatic rings. The highest BCUT2D eigenvalue weighted by atomic mass is 35.5. The van der Waals surface area contributed by atoms with E-state index in [1.807, 2.05) is 0 Å². The van der Waals surface area contributed by atoms with E-state index in [4.69, 9.17) is 11.6 Å². The van der Waals surface area contributed by atoms with Gasteiger partial charge in [-0.05, 0) is 55.1 Å². The van der Waals surface area contributed by atoms with Crippen molar-refractivity contribution in [2.45, 2.75) is 51.4 Å². The topological polar surface area (TPSA) is 0 Å². The Morgan fingerprint density at radius 2 is 1.78 bits per heavy atom. The van der Waals surface area contributed by atoms with Crippen LogP contribution in [0.3, 0.4) is 0 Å². The Hall–Kier alpha value is -0.750. The Morgan fingerprint density at radius 1 is 1.11 bits per heavy atom. The lowest BCUT2D eigenvalue weighted by atomic mass is 9.78. The van der Waals surface area contributed by atoms with Gasteiger partial charge in [0.2, 0.25) is 0 Å². The Labute approximate surface area is 116 Å². The van der Waals surface area contributed by atoms with Gasteiger partial charge in [0, 0.05) is 5.54 Å². The summed E-state index contributed by atoms with van der Waals surface area (Å²) in [4.78, 5) is 0. The van der Waals surface area contributed by atoms with Crippen LogP contribution >= 0.6 is 11.6 Å². The van der Waals surface area contributed by atoms with Gasteiger partial charge in [0.1, 0.15) is 0 Å². The third-order valence-corrected chi connectivity index (χ3v) is 4.25. The van der Waals surface area contributed by atoms with Gasteiger partial charge in [-0.1, -0.05) is 55.3 Å². The van der Waals surface area contributed by atoms with Crippen LogP contribution in [0.25, 0.3) is 0 Å². The molecule has 1 saturated carbocycles. The van der Waals surface area contributed by atoms with E-state index in [-0.39, 0.29) is 0 Å². The van der Waals surface area contributed by atoms with Crippen molar-refractivity contribution in [1.29, 1.82) is 0 Å². The van der Waals surface area contributed by atoms with Crippen LogP contribution in [-0.2, 0) is 6.42 Å². The van der Waals surface area contributed by atoms with Crippen molar-refractivity contribution < 1.29 is 0 Å². The molecule has 98 valence electrons. The zero-order valence-electron chi connectivity index (χ0n) is 11.2. The SMILES string of the molecule is CCCc1ccc(C2CCC(C=CCl)CC2)cc1. The zero-order valence-corrected chi connectivity index (χ0v) is 12.0. The molecule has 1 aliphatic carbocycles. The van der Waals surface area contributed by atoms with Crippen LogP contribution in [0.15, 0.2) is 35.9 Å². The van der Waals surface area contributed by atoms with Crippen LogP contribution in [0, 0.1) is 5.92 Å². The molecule has 2 rings (SSSR count). The third-order valence-electron chi connectivity index (χ3n) is 4.11. The summed E-state index contributed by atoms with van der Waals surface area (Å²) in [6, 6.07) is 9.30. The first-order valence-corrected chi connectivity index (χ1v) is 7.63. The summed E-state index contributed by atoms with van der Waals surface area (Å²) in [5.74, 6) is 1.47. The van der Waals surface area contributed by atoms with Gasteiger partial charge < -0.3 is 0 Å². The highest BCUT2D eigenvalue weighted by Gasteiger charge is 2.20. The summed E-state index contributed by atoms with van der Waals surface area (Å²) < 4.78 is 0. The maximum atomic E-state index is 5.65. The van der Waals surface area contributed by atoms with Crippen molar-refractivity contribution in [3.8, 4) is 0 Å². The summed E-state index contributed by atoms with van der Waals surface area (Å²) in [5.41, 5.74) is 4.69. The lowest BCUT2D eigenvalue weighted by molar-refractivity contribution is 0.376. The maximum absolute atomic E-state index is 5.65. The fourth-order valence-corrected chi connectivity index (χ4v) is 3.20. The summed E-state index contributed by atoms with van der Waals surface area (Å²) in [5, 5.41) is 0. The molecule has 0 radical (unpaired) electrons. The molecule has 0 amide bonds. The second kappa shape index (κ2) is 6.99. The van der Waals surface area contributed by atoms with Gasteiger partial charge in [-0.3, -0.25) is 0 Å². The molecule has 1 aromatic carbocycles. The Kier molecular flexibility index (Phi) is 5.31. The molecule has 1 fully saturated rings. The molecular weight excluding hydrogens is 240 g/mol. The minimum Gasteiger partial charge on any atom is -0.0933 e. The number of hydrogen-bond acceptors (Lipinski definition) is 0. The summed E-state index contributed by atoms with van der Waals surface area (Å²) >= 11 is 5.65. The first-order valence-electron chi connectivity index (χ1n) is 7.19. The fraction of sp³-hybridized carbons (Fsp3) is 0.529. The predicted molar refractivity (Wildman–Crippen MR) is 80.1 cm³/mol. The van der Waals surface area contributed by atoms with E-state index in [0.29, 0.717) is 5.92 Å². The van der Waals surface area contributed by atoms with Crippen molar-refractivity contribution in [3.63, 3.8) is 0 Å². The minimum absolute atomic E-state index is 0.707. The molecule has 0 saturated heterocycles. The second-order valence-electron chi connectivity index (χ2n) is 5.42. The number of aryl methyl sites for hydroxylation is 1. The quantitative estimate of drug-likeness (QED) is 0.656. The average Bonchev–Trinajstić information content (AvgIpc) is 2.41. The third kappa shape index (κ3) is 3.62. The molecule has 18 heavy (non-hydrogen) atoms. The lowest BCUT2D eigenvalue weighted by Gasteiger charge is -2.27. The van der Waals surface area contributed by atoms with Crippen molar-refractivity contribution in [2.75, 3.05) is 0 Å². The van der Waals surface area contributed by atoms with Crippen molar-refractivity contribution in [3.05, 3.63) is 47.0 Å². The van der Waals surface area contributed by atoms with Gasteiger partial charge in [0.15, 0.2) is 0 Å². The first-order chi connectivity index (χ1) is 8.83. The van der Waals surface area contributed by atoms with Crippen LogP contribution in [0.5, 0.6) is 0 Å². The van der Waals surface area contributed by atoms with Crippen molar-refractivity contribution in [2.24, 2.45) is 5.92 Å². The van der Waals surface area contributed by atoms with Crippen molar-refractivity contribution in [1.82, 2.24) is 0 Å². The van der Waals surface area contributed by atoms with Gasteiger partial charge in [-0.15, -0.1) is 0 Å². The molecule has 0 unspecified atom stereocenters. The highest BCUT2D eigenvalue weighted by Crippen LogP contribution is 2.36. The highest BCUT2D eigenvalue weighted by molar-refractivity contribution is 6.25. The molecule has 1 aliphatic rings. The molecule has 0 atom stereocenters. The number of rotatable bonds is 4. The maximum Gasteiger partial charge on any atom is 0.000525 e. The van der Waals surface area contributed by atoms with E-state index >= 15 is 0 Å². The molecule has 0 spiro atoms. The van der Waals surface area contributed by atoms with Gasteiger partial charge in [-0.25, -0.2) is 0 Å². The van der Waals surface area contributed by atoms with E-state index in [9.17, 15) is 0 Å². The van der Waals surface area contributed by atoms with Gasteiger partial charge >= 0.3 is 0 Å². The molecular formula is C17H23Cl. The molecule has 1 heteroatoms. The van der Waals surface area contributed by atoms with Crippen LogP contribution < -0.4 is 0 Å². The lowest BCUT2D eigenvalue weighted by Crippen LogP contribution is -2.11. The number of hydrogen-bond donors (Lipinski definition) is 0. The van der Waals surface area contributed by atoms with E-state index in [0.717, 1.165) is 5.92 Å². The fourth-order valence-electron chi connectivity index (χ4n) is 2.99. The van der Waals surface area contributed by atoms with Crippen LogP contribution in [0.4, 0.5) is 0 Å². The van der Waals surface area contributed by atoms with E-state index in [1.165, 1.54) is 49.7 Å². The van der Waals surface area contributed by atoms with Gasteiger partial charge in [0.25, 0.3) is 0 Å².